The minimum atomic E-state index is -3.67. The molecular weight excluding hydrogens is 294 g/mol. The summed E-state index contributed by atoms with van der Waals surface area (Å²) < 4.78 is 27.4. The third-order valence-corrected chi connectivity index (χ3v) is 5.32. The van der Waals surface area contributed by atoms with Crippen molar-refractivity contribution >= 4 is 21.4 Å². The predicted molar refractivity (Wildman–Crippen MR) is 79.8 cm³/mol. The highest BCUT2D eigenvalue weighted by molar-refractivity contribution is 7.89. The van der Waals surface area contributed by atoms with Crippen LogP contribution in [0.1, 0.15) is 33.1 Å². The Labute approximate surface area is 123 Å². The van der Waals surface area contributed by atoms with E-state index in [1.165, 1.54) is 18.2 Å². The smallest absolute Gasteiger partial charge is 0.292 e. The van der Waals surface area contributed by atoms with Crippen LogP contribution in [0.25, 0.3) is 0 Å². The van der Waals surface area contributed by atoms with Gasteiger partial charge < -0.3 is 5.32 Å². The van der Waals surface area contributed by atoms with Gasteiger partial charge in [-0.25, -0.2) is 13.1 Å². The SMILES string of the molecule is CCNc1cc(S(=O)(=O)NC2(C)CCC2)ccc1[N+](=O)[O-]. The molecule has 1 aliphatic rings. The number of anilines is 1. The highest BCUT2D eigenvalue weighted by Crippen LogP contribution is 2.33. The molecule has 0 heterocycles. The summed E-state index contributed by atoms with van der Waals surface area (Å²) in [6, 6.07) is 3.80. The predicted octanol–water partition coefficient (Wildman–Crippen LogP) is 2.25. The molecule has 2 rings (SSSR count). The van der Waals surface area contributed by atoms with E-state index in [-0.39, 0.29) is 16.3 Å². The molecule has 8 heteroatoms. The molecule has 0 radical (unpaired) electrons. The first-order valence-electron chi connectivity index (χ1n) is 6.84. The zero-order valence-electron chi connectivity index (χ0n) is 12.0. The minimum Gasteiger partial charge on any atom is -0.380 e. The normalized spacial score (nSPS) is 17.0. The third-order valence-electron chi connectivity index (χ3n) is 3.68. The molecule has 2 N–H and O–H groups in total. The van der Waals surface area contributed by atoms with E-state index in [2.05, 4.69) is 10.0 Å². The van der Waals surface area contributed by atoms with Gasteiger partial charge in [-0.2, -0.15) is 0 Å². The Morgan fingerprint density at radius 1 is 1.38 bits per heavy atom. The van der Waals surface area contributed by atoms with Gasteiger partial charge >= 0.3 is 0 Å². The van der Waals surface area contributed by atoms with Crippen molar-refractivity contribution in [3.05, 3.63) is 28.3 Å². The van der Waals surface area contributed by atoms with Crippen molar-refractivity contribution < 1.29 is 13.3 Å². The average Bonchev–Trinajstić information content (AvgIpc) is 2.36. The molecule has 116 valence electrons. The van der Waals surface area contributed by atoms with E-state index in [0.29, 0.717) is 6.54 Å². The van der Waals surface area contributed by atoms with Crippen LogP contribution in [-0.4, -0.2) is 25.4 Å². The summed E-state index contributed by atoms with van der Waals surface area (Å²) >= 11 is 0. The number of nitrogens with one attached hydrogen (secondary N) is 2. The number of benzene rings is 1. The van der Waals surface area contributed by atoms with Crippen molar-refractivity contribution in [2.45, 2.75) is 43.5 Å². The number of rotatable bonds is 6. The Morgan fingerprint density at radius 2 is 2.05 bits per heavy atom. The Bertz CT molecular complexity index is 653. The first kappa shape index (κ1) is 15.7. The van der Waals surface area contributed by atoms with Crippen LogP contribution >= 0.6 is 0 Å². The molecule has 0 aromatic heterocycles. The van der Waals surface area contributed by atoms with E-state index < -0.39 is 20.5 Å². The van der Waals surface area contributed by atoms with E-state index >= 15 is 0 Å². The monoisotopic (exact) mass is 313 g/mol. The molecule has 21 heavy (non-hydrogen) atoms. The number of nitro groups is 1. The van der Waals surface area contributed by atoms with Crippen LogP contribution in [-0.2, 0) is 10.0 Å². The van der Waals surface area contributed by atoms with Crippen LogP contribution in [0.15, 0.2) is 23.1 Å². The summed E-state index contributed by atoms with van der Waals surface area (Å²) in [5.41, 5.74) is -0.325. The number of hydrogen-bond donors (Lipinski definition) is 2. The van der Waals surface area contributed by atoms with Crippen LogP contribution in [0.4, 0.5) is 11.4 Å². The second kappa shape index (κ2) is 5.61. The molecule has 0 unspecified atom stereocenters. The van der Waals surface area contributed by atoms with E-state index in [4.69, 9.17) is 0 Å². The molecule has 1 aromatic rings. The Hall–Kier alpha value is -1.67. The highest BCUT2D eigenvalue weighted by Gasteiger charge is 2.36. The van der Waals surface area contributed by atoms with Gasteiger partial charge in [0.1, 0.15) is 5.69 Å². The lowest BCUT2D eigenvalue weighted by Gasteiger charge is -2.38. The maximum absolute atomic E-state index is 12.4. The fourth-order valence-corrected chi connectivity index (χ4v) is 3.86. The Morgan fingerprint density at radius 3 is 2.52 bits per heavy atom. The van der Waals surface area contributed by atoms with Gasteiger partial charge in [-0.1, -0.05) is 0 Å². The summed E-state index contributed by atoms with van der Waals surface area (Å²) in [6.45, 7) is 4.12. The van der Waals surface area contributed by atoms with Crippen molar-refractivity contribution in [1.82, 2.24) is 4.72 Å². The lowest BCUT2D eigenvalue weighted by atomic mass is 9.80. The van der Waals surface area contributed by atoms with E-state index in [9.17, 15) is 18.5 Å². The Kier molecular flexibility index (Phi) is 4.20. The topological polar surface area (TPSA) is 101 Å². The lowest BCUT2D eigenvalue weighted by Crippen LogP contribution is -2.50. The van der Waals surface area contributed by atoms with Crippen LogP contribution < -0.4 is 10.0 Å². The van der Waals surface area contributed by atoms with Gasteiger partial charge in [-0.15, -0.1) is 0 Å². The summed E-state index contributed by atoms with van der Waals surface area (Å²) in [5, 5.41) is 13.8. The summed E-state index contributed by atoms with van der Waals surface area (Å²) in [5.74, 6) is 0. The maximum Gasteiger partial charge on any atom is 0.292 e. The van der Waals surface area contributed by atoms with Crippen molar-refractivity contribution in [2.24, 2.45) is 0 Å². The van der Waals surface area contributed by atoms with Gasteiger partial charge in [0.05, 0.1) is 9.82 Å². The first-order chi connectivity index (χ1) is 9.77. The highest BCUT2D eigenvalue weighted by atomic mass is 32.2. The summed E-state index contributed by atoms with van der Waals surface area (Å²) in [4.78, 5) is 10.4. The molecule has 1 fully saturated rings. The molecule has 0 aliphatic heterocycles. The van der Waals surface area contributed by atoms with Gasteiger partial charge in [-0.3, -0.25) is 10.1 Å². The van der Waals surface area contributed by atoms with Crippen molar-refractivity contribution in [1.29, 1.82) is 0 Å². The van der Waals surface area contributed by atoms with E-state index in [1.807, 2.05) is 6.92 Å². The zero-order valence-corrected chi connectivity index (χ0v) is 12.9. The van der Waals surface area contributed by atoms with Crippen molar-refractivity contribution in [3.8, 4) is 0 Å². The molecular formula is C13H19N3O4S. The number of hydrogen-bond acceptors (Lipinski definition) is 5. The molecule has 7 nitrogen and oxygen atoms in total. The number of nitrogens with zero attached hydrogens (tertiary/aromatic N) is 1. The minimum absolute atomic E-state index is 0.0391. The standard InChI is InChI=1S/C13H19N3O4S/c1-3-14-11-9-10(5-6-12(11)16(17)18)21(19,20)15-13(2)7-4-8-13/h5-6,9,14-15H,3-4,7-8H2,1-2H3. The van der Waals surface area contributed by atoms with E-state index in [0.717, 1.165) is 19.3 Å². The molecule has 0 atom stereocenters. The van der Waals surface area contributed by atoms with Gasteiger partial charge in [0.25, 0.3) is 5.69 Å². The first-order valence-corrected chi connectivity index (χ1v) is 8.32. The molecule has 0 bridgehead atoms. The summed E-state index contributed by atoms with van der Waals surface area (Å²) in [6.07, 6.45) is 2.61. The van der Waals surface area contributed by atoms with Gasteiger partial charge in [0.2, 0.25) is 10.0 Å². The van der Waals surface area contributed by atoms with Gasteiger partial charge in [0.15, 0.2) is 0 Å². The van der Waals surface area contributed by atoms with Crippen LogP contribution in [0.5, 0.6) is 0 Å². The average molecular weight is 313 g/mol. The lowest BCUT2D eigenvalue weighted by molar-refractivity contribution is -0.384. The molecule has 1 aliphatic carbocycles. The summed E-state index contributed by atoms with van der Waals surface area (Å²) in [7, 11) is -3.67. The molecule has 0 saturated heterocycles. The maximum atomic E-state index is 12.4. The van der Waals surface area contributed by atoms with Gasteiger partial charge in [0, 0.05) is 18.2 Å². The van der Waals surface area contributed by atoms with Crippen molar-refractivity contribution in [3.63, 3.8) is 0 Å². The molecule has 0 spiro atoms. The second-order valence-corrected chi connectivity index (χ2v) is 7.17. The fraction of sp³-hybridized carbons (Fsp3) is 0.538. The number of nitro benzene ring substituents is 1. The van der Waals surface area contributed by atoms with Crippen molar-refractivity contribution in [2.75, 3.05) is 11.9 Å². The molecule has 1 saturated carbocycles. The van der Waals surface area contributed by atoms with E-state index in [1.54, 1.807) is 6.92 Å². The third kappa shape index (κ3) is 3.33. The van der Waals surface area contributed by atoms with Crippen LogP contribution in [0.3, 0.4) is 0 Å². The number of sulfonamides is 1. The van der Waals surface area contributed by atoms with Crippen LogP contribution in [0, 0.1) is 10.1 Å². The second-order valence-electron chi connectivity index (χ2n) is 5.49. The Balaban J connectivity index is 2.35. The van der Waals surface area contributed by atoms with Gasteiger partial charge in [-0.05, 0) is 45.2 Å². The molecule has 0 amide bonds. The molecule has 1 aromatic carbocycles. The van der Waals surface area contributed by atoms with Crippen LogP contribution in [0.2, 0.25) is 0 Å². The zero-order chi connectivity index (χ0) is 15.7. The largest absolute Gasteiger partial charge is 0.380 e. The fourth-order valence-electron chi connectivity index (χ4n) is 2.37. The quantitative estimate of drug-likeness (QED) is 0.619.